The van der Waals surface area contributed by atoms with Gasteiger partial charge in [-0.2, -0.15) is 0 Å². The average molecular weight is 271 g/mol. The molecule has 0 spiro atoms. The second kappa shape index (κ2) is 6.50. The zero-order valence-electron chi connectivity index (χ0n) is 12.3. The Morgan fingerprint density at radius 2 is 1.72 bits per heavy atom. The Labute approximate surface area is 113 Å². The summed E-state index contributed by atoms with van der Waals surface area (Å²) in [5.41, 5.74) is 0. The van der Waals surface area contributed by atoms with Crippen molar-refractivity contribution in [2.45, 2.75) is 64.0 Å². The van der Waals surface area contributed by atoms with Crippen molar-refractivity contribution >= 4 is 8.72 Å². The number of nitrogens with zero attached hydrogens (tertiary/aromatic N) is 1. The Balaban J connectivity index is 2.16. The minimum Gasteiger partial charge on any atom is -0.386 e. The minimum absolute atomic E-state index is 0.741. The van der Waals surface area contributed by atoms with Crippen molar-refractivity contribution in [3.05, 3.63) is 0 Å². The fourth-order valence-electron chi connectivity index (χ4n) is 4.03. The van der Waals surface area contributed by atoms with Crippen molar-refractivity contribution in [1.29, 1.82) is 0 Å². The second-order valence-corrected chi connectivity index (χ2v) is 9.13. The highest BCUT2D eigenvalue weighted by molar-refractivity contribution is 6.64. The Bertz CT molecular complexity index is 256. The summed E-state index contributed by atoms with van der Waals surface area (Å²) in [5, 5.41) is 0. The van der Waals surface area contributed by atoms with Gasteiger partial charge in [0, 0.05) is 26.3 Å². The normalized spacial score (nSPS) is 30.2. The van der Waals surface area contributed by atoms with Crippen LogP contribution >= 0.6 is 0 Å². The topological polar surface area (TPSA) is 21.7 Å². The van der Waals surface area contributed by atoms with Gasteiger partial charge in [0.25, 0.3) is 0 Å². The maximum Gasteiger partial charge on any atom is 0.427 e. The zero-order chi connectivity index (χ0) is 13.0. The molecule has 1 saturated carbocycles. The predicted octanol–water partition coefficient (Wildman–Crippen LogP) is 3.28. The van der Waals surface area contributed by atoms with Gasteiger partial charge in [-0.3, -0.25) is 4.57 Å². The van der Waals surface area contributed by atoms with E-state index in [0.717, 1.165) is 24.4 Å². The summed E-state index contributed by atoms with van der Waals surface area (Å²) in [7, 11) is 1.60. The molecule has 0 aromatic carbocycles. The highest BCUT2D eigenvalue weighted by Gasteiger charge is 2.49. The van der Waals surface area contributed by atoms with E-state index in [9.17, 15) is 0 Å². The van der Waals surface area contributed by atoms with Crippen LogP contribution in [-0.4, -0.2) is 40.1 Å². The van der Waals surface area contributed by atoms with Crippen LogP contribution in [0.4, 0.5) is 0 Å². The van der Waals surface area contributed by atoms with Gasteiger partial charge in [0.1, 0.15) is 0 Å². The van der Waals surface area contributed by atoms with Crippen LogP contribution in [0.5, 0.6) is 0 Å². The average Bonchev–Trinajstić information content (AvgIpc) is 2.44. The Kier molecular flexibility index (Phi) is 5.24. The monoisotopic (exact) mass is 271 g/mol. The Hall–Kier alpha value is 0.0969. The Morgan fingerprint density at radius 3 is 2.39 bits per heavy atom. The molecule has 1 heterocycles. The molecule has 106 valence electrons. The molecule has 1 saturated heterocycles. The molecule has 0 bridgehead atoms. The third kappa shape index (κ3) is 2.67. The van der Waals surface area contributed by atoms with Gasteiger partial charge in [0.05, 0.1) is 0 Å². The van der Waals surface area contributed by atoms with Gasteiger partial charge in [0.15, 0.2) is 0 Å². The first-order valence-corrected chi connectivity index (χ1v) is 9.61. The van der Waals surface area contributed by atoms with Crippen molar-refractivity contribution in [3.63, 3.8) is 0 Å². The van der Waals surface area contributed by atoms with Crippen molar-refractivity contribution in [2.75, 3.05) is 20.8 Å². The summed E-state index contributed by atoms with van der Waals surface area (Å²) >= 11 is 0. The second-order valence-electron chi connectivity index (χ2n) is 5.82. The third-order valence-electron chi connectivity index (χ3n) is 4.88. The SMILES string of the molecule is CCC[Si](OC)(OC)N1CCCC2CCCCC21. The molecule has 0 radical (unpaired) electrons. The van der Waals surface area contributed by atoms with Crippen molar-refractivity contribution in [3.8, 4) is 0 Å². The highest BCUT2D eigenvalue weighted by Crippen LogP contribution is 2.39. The molecule has 0 aromatic heterocycles. The number of fused-ring (bicyclic) bond motifs is 1. The summed E-state index contributed by atoms with van der Waals surface area (Å²) in [4.78, 5) is 0. The molecular formula is C14H29NO2Si. The fraction of sp³-hybridized carbons (Fsp3) is 1.00. The minimum atomic E-state index is -2.12. The van der Waals surface area contributed by atoms with E-state index >= 15 is 0 Å². The summed E-state index contributed by atoms with van der Waals surface area (Å²) in [6, 6.07) is 1.84. The summed E-state index contributed by atoms with van der Waals surface area (Å²) < 4.78 is 14.6. The van der Waals surface area contributed by atoms with Crippen molar-refractivity contribution in [2.24, 2.45) is 5.92 Å². The lowest BCUT2D eigenvalue weighted by molar-refractivity contribution is 0.0597. The molecule has 1 aliphatic heterocycles. The number of hydrogen-bond donors (Lipinski definition) is 0. The molecule has 0 amide bonds. The van der Waals surface area contributed by atoms with Crippen molar-refractivity contribution in [1.82, 2.24) is 4.57 Å². The quantitative estimate of drug-likeness (QED) is 0.716. The molecule has 2 aliphatic rings. The standard InChI is InChI=1S/C14H29NO2Si/c1-4-12-18(16-2,17-3)15-11-7-9-13-8-5-6-10-14(13)15/h13-14H,4-12H2,1-3H3. The van der Waals surface area contributed by atoms with E-state index in [1.807, 2.05) is 14.2 Å². The molecule has 2 rings (SSSR count). The maximum atomic E-state index is 5.96. The molecule has 2 atom stereocenters. The van der Waals surface area contributed by atoms with E-state index in [2.05, 4.69) is 11.5 Å². The lowest BCUT2D eigenvalue weighted by Crippen LogP contribution is -2.64. The predicted molar refractivity (Wildman–Crippen MR) is 76.6 cm³/mol. The first kappa shape index (κ1) is 14.5. The largest absolute Gasteiger partial charge is 0.427 e. The summed E-state index contributed by atoms with van der Waals surface area (Å²) in [5.74, 6) is 0.904. The molecule has 0 aromatic rings. The van der Waals surface area contributed by atoms with Gasteiger partial charge in [-0.05, 0) is 38.1 Å². The van der Waals surface area contributed by atoms with E-state index in [-0.39, 0.29) is 0 Å². The number of hydrogen-bond acceptors (Lipinski definition) is 3. The van der Waals surface area contributed by atoms with Crippen LogP contribution in [0.25, 0.3) is 0 Å². The summed E-state index contributed by atoms with van der Waals surface area (Å²) in [6.07, 6.45) is 9.50. The Morgan fingerprint density at radius 1 is 1.06 bits per heavy atom. The zero-order valence-corrected chi connectivity index (χ0v) is 13.3. The third-order valence-corrected chi connectivity index (χ3v) is 8.72. The number of rotatable bonds is 5. The molecule has 4 heteroatoms. The van der Waals surface area contributed by atoms with Gasteiger partial charge >= 0.3 is 8.72 Å². The van der Waals surface area contributed by atoms with Gasteiger partial charge in [-0.15, -0.1) is 0 Å². The summed E-state index contributed by atoms with van der Waals surface area (Å²) in [6.45, 7) is 3.43. The van der Waals surface area contributed by atoms with E-state index in [4.69, 9.17) is 8.85 Å². The fourth-order valence-corrected chi connectivity index (χ4v) is 7.34. The maximum absolute atomic E-state index is 5.96. The lowest BCUT2D eigenvalue weighted by Gasteiger charge is -2.50. The smallest absolute Gasteiger partial charge is 0.386 e. The van der Waals surface area contributed by atoms with Gasteiger partial charge < -0.3 is 8.85 Å². The highest BCUT2D eigenvalue weighted by atomic mass is 28.4. The van der Waals surface area contributed by atoms with E-state index in [1.54, 1.807) is 0 Å². The molecule has 2 unspecified atom stereocenters. The molecule has 2 fully saturated rings. The van der Waals surface area contributed by atoms with E-state index in [0.29, 0.717) is 0 Å². The first-order valence-electron chi connectivity index (χ1n) is 7.64. The van der Waals surface area contributed by atoms with E-state index in [1.165, 1.54) is 45.1 Å². The van der Waals surface area contributed by atoms with Crippen LogP contribution < -0.4 is 0 Å². The van der Waals surface area contributed by atoms with E-state index < -0.39 is 8.72 Å². The van der Waals surface area contributed by atoms with Crippen LogP contribution in [-0.2, 0) is 8.85 Å². The number of piperidine rings is 1. The van der Waals surface area contributed by atoms with Gasteiger partial charge in [0.2, 0.25) is 0 Å². The van der Waals surface area contributed by atoms with Crippen LogP contribution in [0.2, 0.25) is 6.04 Å². The van der Waals surface area contributed by atoms with Gasteiger partial charge in [-0.25, -0.2) is 0 Å². The van der Waals surface area contributed by atoms with Crippen molar-refractivity contribution < 1.29 is 8.85 Å². The van der Waals surface area contributed by atoms with Crippen LogP contribution in [0.15, 0.2) is 0 Å². The molecule has 3 nitrogen and oxygen atoms in total. The van der Waals surface area contributed by atoms with Crippen LogP contribution in [0, 0.1) is 5.92 Å². The molecule has 0 N–H and O–H groups in total. The van der Waals surface area contributed by atoms with Crippen LogP contribution in [0.1, 0.15) is 51.9 Å². The molecular weight excluding hydrogens is 242 g/mol. The molecule has 18 heavy (non-hydrogen) atoms. The first-order chi connectivity index (χ1) is 8.77. The van der Waals surface area contributed by atoms with Crippen LogP contribution in [0.3, 0.4) is 0 Å². The lowest BCUT2D eigenvalue weighted by atomic mass is 9.79. The molecule has 1 aliphatic carbocycles. The van der Waals surface area contributed by atoms with Gasteiger partial charge in [-0.1, -0.05) is 26.2 Å².